The number of nitro benzene ring substituents is 1. The number of anilines is 1. The Morgan fingerprint density at radius 2 is 1.49 bits per heavy atom. The van der Waals surface area contributed by atoms with Crippen molar-refractivity contribution in [3.05, 3.63) is 76.3 Å². The van der Waals surface area contributed by atoms with E-state index in [0.717, 1.165) is 22.6 Å². The number of amides is 1. The van der Waals surface area contributed by atoms with Crippen LogP contribution in [-0.2, 0) is 10.0 Å². The third-order valence-electron chi connectivity index (χ3n) is 9.90. The number of nitrogens with zero attached hydrogens (tertiary/aromatic N) is 3. The van der Waals surface area contributed by atoms with Crippen LogP contribution in [0.25, 0.3) is 10.8 Å². The molecule has 214 valence electrons. The Kier molecular flexibility index (Phi) is 6.50. The highest BCUT2D eigenvalue weighted by Gasteiger charge is 2.48. The standard InChI is InChI=1S/C31H34N4O5S/c36-31(32-30-25-14-20-13-21(16-25)17-26(30)15-20)24-6-8-28(29(19-24)35(37)38)33-9-11-34(12-10-33)41(39,40)27-7-5-22-3-1-2-4-23(22)18-27/h1-8,18-21,25-26,30H,9-17H2,(H,32,36). The maximum atomic E-state index is 13.4. The molecular weight excluding hydrogens is 540 g/mol. The number of sulfonamides is 1. The molecule has 3 aromatic rings. The molecule has 4 saturated carbocycles. The molecule has 9 nitrogen and oxygen atoms in total. The number of hydrogen-bond acceptors (Lipinski definition) is 6. The summed E-state index contributed by atoms with van der Waals surface area (Å²) in [6, 6.07) is 17.6. The van der Waals surface area contributed by atoms with Crippen molar-refractivity contribution in [2.75, 3.05) is 31.1 Å². The second-order valence-corrected chi connectivity index (χ2v) is 14.2. The minimum atomic E-state index is -3.71. The highest BCUT2D eigenvalue weighted by atomic mass is 32.2. The van der Waals surface area contributed by atoms with Gasteiger partial charge in [0.05, 0.1) is 9.82 Å². The normalized spacial score (nSPS) is 27.7. The van der Waals surface area contributed by atoms with Crippen LogP contribution in [-0.4, -0.2) is 55.8 Å². The van der Waals surface area contributed by atoms with E-state index < -0.39 is 14.9 Å². The molecule has 1 heterocycles. The molecule has 8 rings (SSSR count). The van der Waals surface area contributed by atoms with Gasteiger partial charge >= 0.3 is 0 Å². The number of carbonyl (C=O) groups is 1. The van der Waals surface area contributed by atoms with Gasteiger partial charge < -0.3 is 10.2 Å². The van der Waals surface area contributed by atoms with Gasteiger partial charge in [0.15, 0.2) is 0 Å². The number of nitrogens with one attached hydrogen (secondary N) is 1. The molecule has 5 aliphatic rings. The highest BCUT2D eigenvalue weighted by molar-refractivity contribution is 7.89. The predicted octanol–water partition coefficient (Wildman–Crippen LogP) is 4.81. The van der Waals surface area contributed by atoms with E-state index >= 15 is 0 Å². The average molecular weight is 575 g/mol. The summed E-state index contributed by atoms with van der Waals surface area (Å²) in [5.74, 6) is 2.39. The second-order valence-electron chi connectivity index (χ2n) is 12.3. The maximum Gasteiger partial charge on any atom is 0.293 e. The third-order valence-corrected chi connectivity index (χ3v) is 11.8. The van der Waals surface area contributed by atoms with Crippen molar-refractivity contribution in [3.8, 4) is 0 Å². The van der Waals surface area contributed by atoms with Crippen LogP contribution in [0.1, 0.15) is 42.5 Å². The fourth-order valence-electron chi connectivity index (χ4n) is 8.12. The molecule has 4 bridgehead atoms. The lowest BCUT2D eigenvalue weighted by Gasteiger charge is -2.54. The van der Waals surface area contributed by atoms with Crippen molar-refractivity contribution in [2.24, 2.45) is 23.7 Å². The molecule has 0 spiro atoms. The summed E-state index contributed by atoms with van der Waals surface area (Å²) in [5, 5.41) is 17.2. The molecule has 0 aromatic heterocycles. The molecule has 3 aromatic carbocycles. The maximum absolute atomic E-state index is 13.4. The molecule has 4 aliphatic carbocycles. The molecule has 5 fully saturated rings. The van der Waals surface area contributed by atoms with E-state index in [9.17, 15) is 23.3 Å². The van der Waals surface area contributed by atoms with Crippen molar-refractivity contribution >= 4 is 38.1 Å². The first-order chi connectivity index (χ1) is 19.8. The number of benzene rings is 3. The fraction of sp³-hybridized carbons (Fsp3) is 0.452. The van der Waals surface area contributed by atoms with Gasteiger partial charge in [-0.05, 0) is 90.8 Å². The monoisotopic (exact) mass is 574 g/mol. The van der Waals surface area contributed by atoms with Gasteiger partial charge in [0, 0.05) is 43.9 Å². The van der Waals surface area contributed by atoms with Crippen LogP contribution in [0.3, 0.4) is 0 Å². The third kappa shape index (κ3) is 4.76. The summed E-state index contributed by atoms with van der Waals surface area (Å²) in [4.78, 5) is 27.0. The molecule has 10 heteroatoms. The fourth-order valence-corrected chi connectivity index (χ4v) is 9.58. The van der Waals surface area contributed by atoms with Gasteiger partial charge in [-0.3, -0.25) is 14.9 Å². The van der Waals surface area contributed by atoms with Gasteiger partial charge in [0.2, 0.25) is 10.0 Å². The Balaban J connectivity index is 1.05. The van der Waals surface area contributed by atoms with Gasteiger partial charge in [-0.1, -0.05) is 30.3 Å². The Bertz CT molecular complexity index is 1600. The smallest absolute Gasteiger partial charge is 0.293 e. The van der Waals surface area contributed by atoms with Crippen molar-refractivity contribution in [1.29, 1.82) is 0 Å². The van der Waals surface area contributed by atoms with Crippen molar-refractivity contribution in [3.63, 3.8) is 0 Å². The number of hydrogen-bond donors (Lipinski definition) is 1. The molecule has 1 saturated heterocycles. The van der Waals surface area contributed by atoms with Crippen LogP contribution < -0.4 is 10.2 Å². The van der Waals surface area contributed by atoms with Gasteiger partial charge in [-0.15, -0.1) is 0 Å². The predicted molar refractivity (Wildman–Crippen MR) is 156 cm³/mol. The van der Waals surface area contributed by atoms with Crippen LogP contribution in [0, 0.1) is 33.8 Å². The van der Waals surface area contributed by atoms with Crippen molar-refractivity contribution < 1.29 is 18.1 Å². The highest BCUT2D eigenvalue weighted by Crippen LogP contribution is 2.53. The molecule has 1 amide bonds. The Labute approximate surface area is 239 Å². The molecule has 0 atom stereocenters. The SMILES string of the molecule is O=C(NC1C2CC3CC(C2)CC1C3)c1ccc(N2CCN(S(=O)(=O)c3ccc4ccccc4c3)CC2)c([N+](=O)[O-])c1. The summed E-state index contributed by atoms with van der Waals surface area (Å²) in [6.07, 6.45) is 6.06. The van der Waals surface area contributed by atoms with Crippen LogP contribution in [0.5, 0.6) is 0 Å². The van der Waals surface area contributed by atoms with Gasteiger partial charge in [-0.2, -0.15) is 4.31 Å². The lowest BCUT2D eigenvalue weighted by Crippen LogP contribution is -2.55. The van der Waals surface area contributed by atoms with E-state index in [4.69, 9.17) is 0 Å². The largest absolute Gasteiger partial charge is 0.363 e. The Morgan fingerprint density at radius 1 is 0.829 bits per heavy atom. The summed E-state index contributed by atoms with van der Waals surface area (Å²) < 4.78 is 28.2. The molecule has 1 aliphatic heterocycles. The lowest BCUT2D eigenvalue weighted by molar-refractivity contribution is -0.384. The number of piperazine rings is 1. The number of carbonyl (C=O) groups excluding carboxylic acids is 1. The summed E-state index contributed by atoms with van der Waals surface area (Å²) in [5.41, 5.74) is 0.573. The molecule has 0 unspecified atom stereocenters. The number of fused-ring (bicyclic) bond motifs is 1. The van der Waals surface area contributed by atoms with Gasteiger partial charge in [0.1, 0.15) is 5.69 Å². The second kappa shape index (κ2) is 10.1. The topological polar surface area (TPSA) is 113 Å². The summed E-state index contributed by atoms with van der Waals surface area (Å²) in [7, 11) is -3.71. The zero-order chi connectivity index (χ0) is 28.3. The quantitative estimate of drug-likeness (QED) is 0.334. The number of rotatable bonds is 6. The van der Waals surface area contributed by atoms with E-state index in [-0.39, 0.29) is 35.6 Å². The molecule has 41 heavy (non-hydrogen) atoms. The lowest BCUT2D eigenvalue weighted by atomic mass is 9.54. The molecule has 0 radical (unpaired) electrons. The zero-order valence-electron chi connectivity index (χ0n) is 22.8. The molecule has 1 N–H and O–H groups in total. The minimum Gasteiger partial charge on any atom is -0.363 e. The van der Waals surface area contributed by atoms with Crippen LogP contribution in [0.2, 0.25) is 0 Å². The van der Waals surface area contributed by atoms with E-state index in [1.54, 1.807) is 24.3 Å². The van der Waals surface area contributed by atoms with E-state index in [2.05, 4.69) is 5.32 Å². The Hall–Kier alpha value is -3.50. The van der Waals surface area contributed by atoms with Crippen molar-refractivity contribution in [2.45, 2.75) is 43.0 Å². The van der Waals surface area contributed by atoms with E-state index in [0.29, 0.717) is 36.2 Å². The van der Waals surface area contributed by atoms with Crippen molar-refractivity contribution in [1.82, 2.24) is 9.62 Å². The van der Waals surface area contributed by atoms with Gasteiger partial charge in [-0.25, -0.2) is 8.42 Å². The Morgan fingerprint density at radius 3 is 2.15 bits per heavy atom. The average Bonchev–Trinajstić information content (AvgIpc) is 2.98. The minimum absolute atomic E-state index is 0.131. The summed E-state index contributed by atoms with van der Waals surface area (Å²) in [6.45, 7) is 1.04. The zero-order valence-corrected chi connectivity index (χ0v) is 23.6. The first-order valence-electron chi connectivity index (χ1n) is 14.6. The summed E-state index contributed by atoms with van der Waals surface area (Å²) >= 11 is 0. The van der Waals surface area contributed by atoms with E-state index in [1.807, 2.05) is 35.2 Å². The van der Waals surface area contributed by atoms with Crippen LogP contribution >= 0.6 is 0 Å². The van der Waals surface area contributed by atoms with Gasteiger partial charge in [0.25, 0.3) is 11.6 Å². The first-order valence-corrected chi connectivity index (χ1v) is 16.0. The van der Waals surface area contributed by atoms with Crippen LogP contribution in [0.4, 0.5) is 11.4 Å². The van der Waals surface area contributed by atoms with E-state index in [1.165, 1.54) is 42.5 Å². The number of nitro groups is 1. The molecular formula is C31H34N4O5S. The first kappa shape index (κ1) is 26.4. The van der Waals surface area contributed by atoms with Crippen LogP contribution in [0.15, 0.2) is 65.6 Å².